The Balaban J connectivity index is 1.86. The van der Waals surface area contributed by atoms with Gasteiger partial charge in [-0.05, 0) is 29.8 Å². The van der Waals surface area contributed by atoms with Gasteiger partial charge in [0.2, 0.25) is 0 Å². The van der Waals surface area contributed by atoms with Gasteiger partial charge in [0.05, 0.1) is 7.11 Å². The molecule has 0 aliphatic rings. The van der Waals surface area contributed by atoms with Crippen molar-refractivity contribution in [3.63, 3.8) is 0 Å². The first kappa shape index (κ1) is 12.4. The second-order valence-corrected chi connectivity index (χ2v) is 4.48. The average molecular weight is 265 g/mol. The minimum absolute atomic E-state index is 0.735. The summed E-state index contributed by atoms with van der Waals surface area (Å²) in [6.45, 7) is 0. The monoisotopic (exact) mass is 265 g/mol. The van der Waals surface area contributed by atoms with E-state index >= 15 is 0 Å². The fourth-order valence-electron chi connectivity index (χ4n) is 2.11. The highest BCUT2D eigenvalue weighted by Crippen LogP contribution is 2.16. The second-order valence-electron chi connectivity index (χ2n) is 4.48. The lowest BCUT2D eigenvalue weighted by Gasteiger charge is -2.07. The molecule has 20 heavy (non-hydrogen) atoms. The van der Waals surface area contributed by atoms with Gasteiger partial charge in [-0.3, -0.25) is 4.57 Å². The summed E-state index contributed by atoms with van der Waals surface area (Å²) in [5.41, 5.74) is 2.25. The van der Waals surface area contributed by atoms with Crippen molar-refractivity contribution in [3.8, 4) is 11.4 Å². The van der Waals surface area contributed by atoms with Crippen LogP contribution in [0.4, 0.5) is 0 Å². The maximum Gasteiger partial charge on any atom is 0.141 e. The molecule has 0 amide bonds. The van der Waals surface area contributed by atoms with Crippen LogP contribution in [0.2, 0.25) is 0 Å². The summed E-state index contributed by atoms with van der Waals surface area (Å²) in [5.74, 6) is 1.78. The van der Waals surface area contributed by atoms with Crippen LogP contribution in [0, 0.1) is 0 Å². The van der Waals surface area contributed by atoms with Gasteiger partial charge in [-0.2, -0.15) is 0 Å². The van der Waals surface area contributed by atoms with Gasteiger partial charge < -0.3 is 4.74 Å². The smallest absolute Gasteiger partial charge is 0.141 e. The van der Waals surface area contributed by atoms with Crippen molar-refractivity contribution < 1.29 is 4.74 Å². The van der Waals surface area contributed by atoms with Crippen LogP contribution in [-0.4, -0.2) is 21.9 Å². The molecule has 0 unspecified atom stereocenters. The third kappa shape index (κ3) is 2.54. The van der Waals surface area contributed by atoms with Gasteiger partial charge in [0, 0.05) is 12.1 Å². The molecule has 0 saturated heterocycles. The van der Waals surface area contributed by atoms with Gasteiger partial charge in [-0.1, -0.05) is 30.3 Å². The van der Waals surface area contributed by atoms with Crippen LogP contribution in [0.1, 0.15) is 11.4 Å². The van der Waals surface area contributed by atoms with E-state index in [0.29, 0.717) is 0 Å². The van der Waals surface area contributed by atoms with Crippen LogP contribution in [0.3, 0.4) is 0 Å². The summed E-state index contributed by atoms with van der Waals surface area (Å²) >= 11 is 0. The van der Waals surface area contributed by atoms with Crippen LogP contribution in [0.15, 0.2) is 60.9 Å². The van der Waals surface area contributed by atoms with Crippen molar-refractivity contribution in [1.82, 2.24) is 14.8 Å². The van der Waals surface area contributed by atoms with E-state index in [1.807, 2.05) is 59.2 Å². The maximum absolute atomic E-state index is 5.16. The first-order valence-electron chi connectivity index (χ1n) is 6.44. The third-order valence-corrected chi connectivity index (χ3v) is 3.17. The Morgan fingerprint density at radius 3 is 2.45 bits per heavy atom. The molecule has 0 saturated carbocycles. The molecule has 0 atom stereocenters. The van der Waals surface area contributed by atoms with Crippen molar-refractivity contribution in [2.75, 3.05) is 7.11 Å². The molecule has 0 radical (unpaired) electrons. The molecule has 4 heteroatoms. The van der Waals surface area contributed by atoms with Crippen molar-refractivity contribution in [3.05, 3.63) is 72.3 Å². The van der Waals surface area contributed by atoms with E-state index in [9.17, 15) is 0 Å². The summed E-state index contributed by atoms with van der Waals surface area (Å²) in [6, 6.07) is 18.1. The van der Waals surface area contributed by atoms with E-state index in [1.165, 1.54) is 5.56 Å². The van der Waals surface area contributed by atoms with Crippen molar-refractivity contribution >= 4 is 0 Å². The number of methoxy groups -OCH3 is 1. The normalized spacial score (nSPS) is 10.4. The molecular formula is C16H15N3O. The average Bonchev–Trinajstić information content (AvgIpc) is 2.97. The Labute approximate surface area is 117 Å². The SMILES string of the molecule is COc1ccc(Cc2nncn2-c2ccccc2)cc1. The number of hydrogen-bond donors (Lipinski definition) is 0. The molecule has 0 aliphatic carbocycles. The summed E-state index contributed by atoms with van der Waals surface area (Å²) in [4.78, 5) is 0. The van der Waals surface area contributed by atoms with Crippen molar-refractivity contribution in [1.29, 1.82) is 0 Å². The van der Waals surface area contributed by atoms with E-state index < -0.39 is 0 Å². The van der Waals surface area contributed by atoms with Gasteiger partial charge in [-0.15, -0.1) is 10.2 Å². The van der Waals surface area contributed by atoms with Crippen molar-refractivity contribution in [2.24, 2.45) is 0 Å². The fourth-order valence-corrected chi connectivity index (χ4v) is 2.11. The minimum Gasteiger partial charge on any atom is -0.497 e. The highest BCUT2D eigenvalue weighted by Gasteiger charge is 2.07. The number of rotatable bonds is 4. The van der Waals surface area contributed by atoms with E-state index in [-0.39, 0.29) is 0 Å². The maximum atomic E-state index is 5.16. The summed E-state index contributed by atoms with van der Waals surface area (Å²) in [5, 5.41) is 8.23. The van der Waals surface area contributed by atoms with Crippen LogP contribution in [0.25, 0.3) is 5.69 Å². The fraction of sp³-hybridized carbons (Fsp3) is 0.125. The highest BCUT2D eigenvalue weighted by molar-refractivity contribution is 5.34. The van der Waals surface area contributed by atoms with Crippen LogP contribution >= 0.6 is 0 Å². The lowest BCUT2D eigenvalue weighted by molar-refractivity contribution is 0.414. The van der Waals surface area contributed by atoms with Crippen LogP contribution in [-0.2, 0) is 6.42 Å². The first-order chi connectivity index (χ1) is 9.86. The van der Waals surface area contributed by atoms with E-state index in [1.54, 1.807) is 13.4 Å². The van der Waals surface area contributed by atoms with E-state index in [0.717, 1.165) is 23.7 Å². The zero-order valence-corrected chi connectivity index (χ0v) is 11.2. The summed E-state index contributed by atoms with van der Waals surface area (Å²) < 4.78 is 7.17. The molecule has 3 rings (SSSR count). The zero-order chi connectivity index (χ0) is 13.8. The molecule has 0 spiro atoms. The van der Waals surface area contributed by atoms with Gasteiger partial charge in [0.25, 0.3) is 0 Å². The molecule has 2 aromatic carbocycles. The standard InChI is InChI=1S/C16H15N3O/c1-20-15-9-7-13(8-10-15)11-16-18-17-12-19(16)14-5-3-2-4-6-14/h2-10,12H,11H2,1H3. The number of nitrogens with zero attached hydrogens (tertiary/aromatic N) is 3. The molecule has 0 N–H and O–H groups in total. The largest absolute Gasteiger partial charge is 0.497 e. The predicted octanol–water partition coefficient (Wildman–Crippen LogP) is 2.87. The number of benzene rings is 2. The Morgan fingerprint density at radius 2 is 1.75 bits per heavy atom. The quantitative estimate of drug-likeness (QED) is 0.728. The van der Waals surface area contributed by atoms with E-state index in [2.05, 4.69) is 10.2 Å². The third-order valence-electron chi connectivity index (χ3n) is 3.17. The lowest BCUT2D eigenvalue weighted by atomic mass is 10.1. The molecule has 4 nitrogen and oxygen atoms in total. The molecule has 1 aromatic heterocycles. The van der Waals surface area contributed by atoms with Crippen LogP contribution in [0.5, 0.6) is 5.75 Å². The highest BCUT2D eigenvalue weighted by atomic mass is 16.5. The lowest BCUT2D eigenvalue weighted by Crippen LogP contribution is -2.01. The van der Waals surface area contributed by atoms with Crippen molar-refractivity contribution in [2.45, 2.75) is 6.42 Å². The Kier molecular flexibility index (Phi) is 3.46. The molecule has 0 fully saturated rings. The Bertz CT molecular complexity index is 674. The molecule has 0 bridgehead atoms. The second kappa shape index (κ2) is 5.57. The van der Waals surface area contributed by atoms with Crippen LogP contribution < -0.4 is 4.74 Å². The molecule has 0 aliphatic heterocycles. The molecule has 3 aromatic rings. The predicted molar refractivity (Wildman–Crippen MR) is 77.2 cm³/mol. The molecule has 100 valence electrons. The number of hydrogen-bond acceptors (Lipinski definition) is 3. The summed E-state index contributed by atoms with van der Waals surface area (Å²) in [6.07, 6.45) is 2.48. The first-order valence-corrected chi connectivity index (χ1v) is 6.44. The topological polar surface area (TPSA) is 39.9 Å². The van der Waals surface area contributed by atoms with Gasteiger partial charge in [0.1, 0.15) is 17.9 Å². The zero-order valence-electron chi connectivity index (χ0n) is 11.2. The van der Waals surface area contributed by atoms with Gasteiger partial charge in [0.15, 0.2) is 0 Å². The van der Waals surface area contributed by atoms with E-state index in [4.69, 9.17) is 4.74 Å². The Morgan fingerprint density at radius 1 is 1.00 bits per heavy atom. The molecule has 1 heterocycles. The number of para-hydroxylation sites is 1. The Hall–Kier alpha value is -2.62. The number of aromatic nitrogens is 3. The molecular weight excluding hydrogens is 250 g/mol. The van der Waals surface area contributed by atoms with Gasteiger partial charge in [-0.25, -0.2) is 0 Å². The minimum atomic E-state index is 0.735. The summed E-state index contributed by atoms with van der Waals surface area (Å²) in [7, 11) is 1.67. The van der Waals surface area contributed by atoms with Gasteiger partial charge >= 0.3 is 0 Å². The number of ether oxygens (including phenoxy) is 1.